The lowest BCUT2D eigenvalue weighted by Gasteiger charge is -2.17. The van der Waals surface area contributed by atoms with Crippen LogP contribution in [0.25, 0.3) is 0 Å². The van der Waals surface area contributed by atoms with Gasteiger partial charge < -0.3 is 4.90 Å². The van der Waals surface area contributed by atoms with Crippen LogP contribution in [0.5, 0.6) is 0 Å². The first-order valence-electron chi connectivity index (χ1n) is 2.73. The van der Waals surface area contributed by atoms with Crippen molar-refractivity contribution >= 4 is 17.5 Å². The molecule has 1 amide bonds. The van der Waals surface area contributed by atoms with E-state index in [1.165, 1.54) is 0 Å². The number of hydrogen-bond acceptors (Lipinski definition) is 1. The zero-order valence-electron chi connectivity index (χ0n) is 5.78. The van der Waals surface area contributed by atoms with Crippen LogP contribution in [0.3, 0.4) is 0 Å². The zero-order chi connectivity index (χ0) is 9.07. The highest BCUT2D eigenvalue weighted by Gasteiger charge is 2.30. The van der Waals surface area contributed by atoms with Crippen LogP contribution in [0.2, 0.25) is 0 Å². The lowest BCUT2D eigenvalue weighted by atomic mass is 10.5. The third-order valence-corrected chi connectivity index (χ3v) is 1.19. The quantitative estimate of drug-likeness (QED) is 0.599. The molecule has 66 valence electrons. The van der Waals surface area contributed by atoms with Gasteiger partial charge >= 0.3 is 6.18 Å². The minimum atomic E-state index is -4.35. The van der Waals surface area contributed by atoms with E-state index in [2.05, 4.69) is 0 Å². The first-order chi connectivity index (χ1) is 4.87. The van der Waals surface area contributed by atoms with Crippen LogP contribution in [0, 0.1) is 0 Å². The van der Waals surface area contributed by atoms with Gasteiger partial charge in [0.15, 0.2) is 0 Å². The number of carbonyl (C=O) groups is 1. The molecule has 0 fully saturated rings. The number of hydrogen-bond donors (Lipinski definition) is 0. The molecule has 0 saturated carbocycles. The summed E-state index contributed by atoms with van der Waals surface area (Å²) in [6.07, 6.45) is -4.35. The van der Waals surface area contributed by atoms with Gasteiger partial charge in [0.2, 0.25) is 5.91 Å². The number of nitrogens with zero attached hydrogens (tertiary/aromatic N) is 1. The summed E-state index contributed by atoms with van der Waals surface area (Å²) in [7, 11) is 1.05. The number of rotatable bonds is 2. The van der Waals surface area contributed by atoms with E-state index in [9.17, 15) is 18.0 Å². The fraction of sp³-hybridized carbons (Fsp3) is 0.800. The van der Waals surface area contributed by atoms with Crippen LogP contribution < -0.4 is 0 Å². The second-order valence-electron chi connectivity index (χ2n) is 2.00. The molecule has 0 rings (SSSR count). The van der Waals surface area contributed by atoms with Crippen molar-refractivity contribution in [2.45, 2.75) is 6.18 Å². The van der Waals surface area contributed by atoms with Gasteiger partial charge in [-0.2, -0.15) is 13.2 Å². The van der Waals surface area contributed by atoms with Crippen LogP contribution in [0.4, 0.5) is 13.2 Å². The lowest BCUT2D eigenvalue weighted by Crippen LogP contribution is -2.36. The number of halogens is 4. The molecular weight excluding hydrogens is 183 g/mol. The van der Waals surface area contributed by atoms with Crippen molar-refractivity contribution in [1.82, 2.24) is 4.90 Å². The van der Waals surface area contributed by atoms with E-state index >= 15 is 0 Å². The Bertz CT molecular complexity index is 147. The van der Waals surface area contributed by atoms with Crippen molar-refractivity contribution in [1.29, 1.82) is 0 Å². The summed E-state index contributed by atoms with van der Waals surface area (Å²) >= 11 is 5.02. The van der Waals surface area contributed by atoms with Crippen LogP contribution >= 0.6 is 11.6 Å². The van der Waals surface area contributed by atoms with E-state index in [-0.39, 0.29) is 0 Å². The fourth-order valence-corrected chi connectivity index (χ4v) is 0.663. The van der Waals surface area contributed by atoms with Crippen LogP contribution in [0.15, 0.2) is 0 Å². The molecule has 0 atom stereocenters. The van der Waals surface area contributed by atoms with Crippen LogP contribution in [-0.4, -0.2) is 36.5 Å². The minimum absolute atomic E-state index is 0.424. The van der Waals surface area contributed by atoms with Gasteiger partial charge in [0.1, 0.15) is 12.4 Å². The Balaban J connectivity index is 3.87. The summed E-state index contributed by atoms with van der Waals surface area (Å²) in [5.41, 5.74) is 0. The van der Waals surface area contributed by atoms with Crippen molar-refractivity contribution in [2.75, 3.05) is 19.5 Å². The molecule has 0 saturated heterocycles. The summed E-state index contributed by atoms with van der Waals surface area (Å²) in [4.78, 5) is 11.0. The molecule has 0 aromatic heterocycles. The zero-order valence-corrected chi connectivity index (χ0v) is 6.54. The molecule has 0 aromatic carbocycles. The fourth-order valence-electron chi connectivity index (χ4n) is 0.459. The molecule has 0 N–H and O–H groups in total. The van der Waals surface area contributed by atoms with Gasteiger partial charge in [-0.05, 0) is 0 Å². The standard InChI is InChI=1S/C5H7ClF3NO/c1-10(4(11)2-6)3-5(7,8)9/h2-3H2,1H3. The van der Waals surface area contributed by atoms with Gasteiger partial charge in [-0.1, -0.05) is 0 Å². The third-order valence-electron chi connectivity index (χ3n) is 0.957. The van der Waals surface area contributed by atoms with E-state index in [1.807, 2.05) is 0 Å². The monoisotopic (exact) mass is 189 g/mol. The maximum absolute atomic E-state index is 11.6. The van der Waals surface area contributed by atoms with Crippen LogP contribution in [-0.2, 0) is 4.79 Å². The first kappa shape index (κ1) is 10.6. The van der Waals surface area contributed by atoms with E-state index in [0.717, 1.165) is 7.05 Å². The number of alkyl halides is 4. The van der Waals surface area contributed by atoms with E-state index < -0.39 is 24.5 Å². The maximum Gasteiger partial charge on any atom is 0.406 e. The van der Waals surface area contributed by atoms with Crippen molar-refractivity contribution in [3.63, 3.8) is 0 Å². The molecule has 0 unspecified atom stereocenters. The first-order valence-corrected chi connectivity index (χ1v) is 3.27. The second kappa shape index (κ2) is 3.80. The summed E-state index contributed by atoms with van der Waals surface area (Å²) in [6.45, 7) is -1.25. The van der Waals surface area contributed by atoms with Crippen LogP contribution in [0.1, 0.15) is 0 Å². The Kier molecular flexibility index (Phi) is 3.65. The summed E-state index contributed by atoms with van der Waals surface area (Å²) in [5, 5.41) is 0. The molecule has 0 aliphatic carbocycles. The average Bonchev–Trinajstić information content (AvgIpc) is 1.82. The molecule has 0 heterocycles. The van der Waals surface area contributed by atoms with Crippen molar-refractivity contribution in [3.05, 3.63) is 0 Å². The SMILES string of the molecule is CN(CC(F)(F)F)C(=O)CCl. The third kappa shape index (κ3) is 4.89. The Morgan fingerprint density at radius 1 is 1.55 bits per heavy atom. The molecule has 11 heavy (non-hydrogen) atoms. The summed E-state index contributed by atoms with van der Waals surface area (Å²) in [6, 6.07) is 0. The highest BCUT2D eigenvalue weighted by atomic mass is 35.5. The van der Waals surface area contributed by atoms with Gasteiger partial charge in [-0.15, -0.1) is 11.6 Å². The molecule has 0 aromatic rings. The predicted molar refractivity (Wildman–Crippen MR) is 34.4 cm³/mol. The van der Waals surface area contributed by atoms with Crippen molar-refractivity contribution in [3.8, 4) is 0 Å². The normalized spacial score (nSPS) is 11.4. The maximum atomic E-state index is 11.6. The molecular formula is C5H7ClF3NO. The minimum Gasteiger partial charge on any atom is -0.336 e. The molecule has 0 aliphatic heterocycles. The predicted octanol–water partition coefficient (Wildman–Crippen LogP) is 1.25. The Labute approximate surface area is 66.9 Å². The Hall–Kier alpha value is -0.450. The highest BCUT2D eigenvalue weighted by molar-refractivity contribution is 6.27. The highest BCUT2D eigenvalue weighted by Crippen LogP contribution is 2.15. The topological polar surface area (TPSA) is 20.3 Å². The summed E-state index contributed by atoms with van der Waals surface area (Å²) < 4.78 is 34.7. The average molecular weight is 190 g/mol. The summed E-state index contributed by atoms with van der Waals surface area (Å²) in [5.74, 6) is -1.16. The van der Waals surface area contributed by atoms with Crippen molar-refractivity contribution < 1.29 is 18.0 Å². The van der Waals surface area contributed by atoms with Gasteiger partial charge in [0.25, 0.3) is 0 Å². The largest absolute Gasteiger partial charge is 0.406 e. The van der Waals surface area contributed by atoms with Gasteiger partial charge in [-0.3, -0.25) is 4.79 Å². The molecule has 0 aliphatic rings. The van der Waals surface area contributed by atoms with E-state index in [4.69, 9.17) is 11.6 Å². The number of amides is 1. The number of carbonyl (C=O) groups excluding carboxylic acids is 1. The van der Waals surface area contributed by atoms with E-state index in [0.29, 0.717) is 4.90 Å². The smallest absolute Gasteiger partial charge is 0.336 e. The lowest BCUT2D eigenvalue weighted by molar-refractivity contribution is -0.156. The molecule has 0 spiro atoms. The second-order valence-corrected chi connectivity index (χ2v) is 2.27. The Morgan fingerprint density at radius 2 is 2.00 bits per heavy atom. The Morgan fingerprint density at radius 3 is 2.27 bits per heavy atom. The van der Waals surface area contributed by atoms with Gasteiger partial charge in [0.05, 0.1) is 0 Å². The molecule has 6 heteroatoms. The molecule has 0 radical (unpaired) electrons. The molecule has 0 bridgehead atoms. The van der Waals surface area contributed by atoms with Crippen molar-refractivity contribution in [2.24, 2.45) is 0 Å². The van der Waals surface area contributed by atoms with Gasteiger partial charge in [-0.25, -0.2) is 0 Å². The van der Waals surface area contributed by atoms with Gasteiger partial charge in [0, 0.05) is 7.05 Å². The molecule has 2 nitrogen and oxygen atoms in total. The van der Waals surface area contributed by atoms with E-state index in [1.54, 1.807) is 0 Å².